The molecule has 2 rings (SSSR count). The second-order valence-corrected chi connectivity index (χ2v) is 5.32. The summed E-state index contributed by atoms with van der Waals surface area (Å²) < 4.78 is 13.4. The SMILES string of the molecule is Fc1ccccc1CNCCCCCCNc1ccccn1. The van der Waals surface area contributed by atoms with Gasteiger partial charge in [-0.3, -0.25) is 0 Å². The summed E-state index contributed by atoms with van der Waals surface area (Å²) >= 11 is 0. The average Bonchev–Trinajstić information content (AvgIpc) is 2.56. The first-order valence-corrected chi connectivity index (χ1v) is 7.95. The van der Waals surface area contributed by atoms with Crippen LogP contribution in [0.3, 0.4) is 0 Å². The van der Waals surface area contributed by atoms with E-state index >= 15 is 0 Å². The number of hydrogen-bond acceptors (Lipinski definition) is 3. The number of unbranched alkanes of at least 4 members (excludes halogenated alkanes) is 3. The molecule has 4 heteroatoms. The molecule has 0 aliphatic rings. The zero-order chi connectivity index (χ0) is 15.5. The molecule has 2 aromatic rings. The summed E-state index contributed by atoms with van der Waals surface area (Å²) in [5.41, 5.74) is 0.738. The zero-order valence-electron chi connectivity index (χ0n) is 12.9. The van der Waals surface area contributed by atoms with E-state index in [4.69, 9.17) is 0 Å². The molecule has 0 atom stereocenters. The summed E-state index contributed by atoms with van der Waals surface area (Å²) in [6.45, 7) is 2.50. The third-order valence-corrected chi connectivity index (χ3v) is 3.52. The lowest BCUT2D eigenvalue weighted by molar-refractivity contribution is 0.565. The highest BCUT2D eigenvalue weighted by atomic mass is 19.1. The number of nitrogens with one attached hydrogen (secondary N) is 2. The van der Waals surface area contributed by atoms with Crippen molar-refractivity contribution < 1.29 is 4.39 Å². The number of halogens is 1. The molecule has 2 N–H and O–H groups in total. The maximum Gasteiger partial charge on any atom is 0.127 e. The van der Waals surface area contributed by atoms with Gasteiger partial charge in [0.1, 0.15) is 11.6 Å². The molecule has 0 aliphatic heterocycles. The Kier molecular flexibility index (Phi) is 7.39. The highest BCUT2D eigenvalue weighted by Crippen LogP contribution is 2.06. The largest absolute Gasteiger partial charge is 0.370 e. The van der Waals surface area contributed by atoms with Crippen molar-refractivity contribution in [2.45, 2.75) is 32.2 Å². The average molecular weight is 301 g/mol. The van der Waals surface area contributed by atoms with E-state index in [-0.39, 0.29) is 5.82 Å². The Balaban J connectivity index is 1.44. The molecule has 0 radical (unpaired) electrons. The van der Waals surface area contributed by atoms with Gasteiger partial charge in [-0.2, -0.15) is 0 Å². The molecule has 3 nitrogen and oxygen atoms in total. The highest BCUT2D eigenvalue weighted by Gasteiger charge is 1.99. The fourth-order valence-electron chi connectivity index (χ4n) is 2.28. The fourth-order valence-corrected chi connectivity index (χ4v) is 2.28. The Morgan fingerprint density at radius 3 is 2.41 bits per heavy atom. The minimum Gasteiger partial charge on any atom is -0.370 e. The molecule has 0 fully saturated rings. The molecule has 0 saturated heterocycles. The minimum absolute atomic E-state index is 0.129. The number of anilines is 1. The van der Waals surface area contributed by atoms with Gasteiger partial charge in [-0.15, -0.1) is 0 Å². The lowest BCUT2D eigenvalue weighted by Crippen LogP contribution is -2.15. The Bertz CT molecular complexity index is 531. The Hall–Kier alpha value is -1.94. The van der Waals surface area contributed by atoms with Crippen molar-refractivity contribution >= 4 is 5.82 Å². The predicted octanol–water partition coefficient (Wildman–Crippen LogP) is 3.98. The molecule has 22 heavy (non-hydrogen) atoms. The van der Waals surface area contributed by atoms with Gasteiger partial charge in [0.25, 0.3) is 0 Å². The van der Waals surface area contributed by atoms with Crippen LogP contribution in [0.5, 0.6) is 0 Å². The van der Waals surface area contributed by atoms with Crippen LogP contribution in [0.15, 0.2) is 48.7 Å². The first-order chi connectivity index (χ1) is 10.9. The molecular weight excluding hydrogens is 277 g/mol. The molecule has 0 aliphatic carbocycles. The Labute approximate surface area is 132 Å². The summed E-state index contributed by atoms with van der Waals surface area (Å²) in [4.78, 5) is 4.22. The molecule has 1 heterocycles. The van der Waals surface area contributed by atoms with Crippen LogP contribution >= 0.6 is 0 Å². The van der Waals surface area contributed by atoms with Gasteiger partial charge in [-0.25, -0.2) is 9.37 Å². The van der Waals surface area contributed by atoms with Crippen molar-refractivity contribution in [3.63, 3.8) is 0 Å². The first kappa shape index (κ1) is 16.4. The van der Waals surface area contributed by atoms with E-state index in [0.717, 1.165) is 37.3 Å². The van der Waals surface area contributed by atoms with Crippen LogP contribution in [0, 0.1) is 5.82 Å². The number of pyridine rings is 1. The molecule has 0 spiro atoms. The van der Waals surface area contributed by atoms with Gasteiger partial charge in [0.2, 0.25) is 0 Å². The van der Waals surface area contributed by atoms with Crippen molar-refractivity contribution in [3.05, 3.63) is 60.0 Å². The van der Waals surface area contributed by atoms with Gasteiger partial charge in [0.05, 0.1) is 0 Å². The molecular formula is C18H24FN3. The van der Waals surface area contributed by atoms with Crippen molar-refractivity contribution in [1.82, 2.24) is 10.3 Å². The van der Waals surface area contributed by atoms with E-state index in [1.165, 1.54) is 18.9 Å². The first-order valence-electron chi connectivity index (χ1n) is 7.95. The van der Waals surface area contributed by atoms with E-state index in [0.29, 0.717) is 6.54 Å². The third-order valence-electron chi connectivity index (χ3n) is 3.52. The van der Waals surface area contributed by atoms with Gasteiger partial charge < -0.3 is 10.6 Å². The molecule has 1 aromatic heterocycles. The van der Waals surface area contributed by atoms with Gasteiger partial charge in [0.15, 0.2) is 0 Å². The van der Waals surface area contributed by atoms with Crippen LogP contribution in [0.25, 0.3) is 0 Å². The number of benzene rings is 1. The maximum absolute atomic E-state index is 13.4. The monoisotopic (exact) mass is 301 g/mol. The fraction of sp³-hybridized carbons (Fsp3) is 0.389. The van der Waals surface area contributed by atoms with Crippen LogP contribution in [0.2, 0.25) is 0 Å². The van der Waals surface area contributed by atoms with E-state index < -0.39 is 0 Å². The summed E-state index contributed by atoms with van der Waals surface area (Å²) in [7, 11) is 0. The summed E-state index contributed by atoms with van der Waals surface area (Å²) in [5.74, 6) is 0.810. The minimum atomic E-state index is -0.129. The molecule has 0 saturated carbocycles. The number of aromatic nitrogens is 1. The lowest BCUT2D eigenvalue weighted by atomic mass is 10.2. The summed E-state index contributed by atoms with van der Waals surface area (Å²) in [6.07, 6.45) is 6.45. The molecule has 0 amide bonds. The van der Waals surface area contributed by atoms with Gasteiger partial charge in [-0.1, -0.05) is 37.1 Å². The van der Waals surface area contributed by atoms with E-state index in [2.05, 4.69) is 15.6 Å². The third kappa shape index (κ3) is 6.22. The van der Waals surface area contributed by atoms with Gasteiger partial charge in [-0.05, 0) is 37.6 Å². The van der Waals surface area contributed by atoms with Crippen molar-refractivity contribution in [2.75, 3.05) is 18.4 Å². The zero-order valence-corrected chi connectivity index (χ0v) is 12.9. The quantitative estimate of drug-likeness (QED) is 0.652. The predicted molar refractivity (Wildman–Crippen MR) is 89.3 cm³/mol. The van der Waals surface area contributed by atoms with Crippen molar-refractivity contribution in [2.24, 2.45) is 0 Å². The second kappa shape index (κ2) is 9.90. The Morgan fingerprint density at radius 2 is 1.64 bits per heavy atom. The molecule has 0 unspecified atom stereocenters. The van der Waals surface area contributed by atoms with E-state index in [1.807, 2.05) is 30.3 Å². The smallest absolute Gasteiger partial charge is 0.127 e. The van der Waals surface area contributed by atoms with Crippen LogP contribution in [-0.4, -0.2) is 18.1 Å². The topological polar surface area (TPSA) is 37.0 Å². The van der Waals surface area contributed by atoms with Crippen molar-refractivity contribution in [3.8, 4) is 0 Å². The standard InChI is InChI=1S/C18H24FN3/c19-17-10-4-3-9-16(17)15-20-12-6-1-2-7-13-21-18-11-5-8-14-22-18/h3-5,8-11,14,20H,1-2,6-7,12-13,15H2,(H,21,22). The second-order valence-electron chi connectivity index (χ2n) is 5.32. The Morgan fingerprint density at radius 1 is 0.864 bits per heavy atom. The summed E-state index contributed by atoms with van der Waals surface area (Å²) in [5, 5.41) is 6.60. The number of rotatable bonds is 10. The maximum atomic E-state index is 13.4. The van der Waals surface area contributed by atoms with Gasteiger partial charge in [0, 0.05) is 24.8 Å². The van der Waals surface area contributed by atoms with E-state index in [1.54, 1.807) is 12.3 Å². The van der Waals surface area contributed by atoms with Gasteiger partial charge >= 0.3 is 0 Å². The van der Waals surface area contributed by atoms with E-state index in [9.17, 15) is 4.39 Å². The van der Waals surface area contributed by atoms with Crippen molar-refractivity contribution in [1.29, 1.82) is 0 Å². The number of nitrogens with zero attached hydrogens (tertiary/aromatic N) is 1. The van der Waals surface area contributed by atoms with Crippen LogP contribution in [0.1, 0.15) is 31.2 Å². The normalized spacial score (nSPS) is 10.6. The molecule has 0 bridgehead atoms. The van der Waals surface area contributed by atoms with Crippen LogP contribution in [-0.2, 0) is 6.54 Å². The molecule has 1 aromatic carbocycles. The molecule has 118 valence electrons. The van der Waals surface area contributed by atoms with Crippen LogP contribution < -0.4 is 10.6 Å². The number of hydrogen-bond donors (Lipinski definition) is 2. The van der Waals surface area contributed by atoms with Crippen LogP contribution in [0.4, 0.5) is 10.2 Å². The lowest BCUT2D eigenvalue weighted by Gasteiger charge is -2.07. The highest BCUT2D eigenvalue weighted by molar-refractivity contribution is 5.32. The summed E-state index contributed by atoms with van der Waals surface area (Å²) in [6, 6.07) is 12.8.